The van der Waals surface area contributed by atoms with E-state index in [2.05, 4.69) is 34.2 Å². The molecule has 4 rings (SSSR count). The van der Waals surface area contributed by atoms with Gasteiger partial charge in [-0.05, 0) is 38.1 Å². The van der Waals surface area contributed by atoms with E-state index < -0.39 is 0 Å². The van der Waals surface area contributed by atoms with Crippen molar-refractivity contribution in [1.29, 1.82) is 0 Å². The first kappa shape index (κ1) is 21.5. The normalized spacial score (nSPS) is 13.8. The maximum atomic E-state index is 12.8. The van der Waals surface area contributed by atoms with Crippen LogP contribution in [0.5, 0.6) is 0 Å². The highest BCUT2D eigenvalue weighted by atomic mass is 16.3. The zero-order chi connectivity index (χ0) is 22.5. The van der Waals surface area contributed by atoms with E-state index in [1.54, 1.807) is 17.0 Å². The van der Waals surface area contributed by atoms with Gasteiger partial charge in [0.2, 0.25) is 5.91 Å². The number of hydrogen-bond donors (Lipinski definition) is 0. The lowest BCUT2D eigenvalue weighted by Crippen LogP contribution is -2.52. The van der Waals surface area contributed by atoms with Crippen molar-refractivity contribution in [1.82, 2.24) is 20.0 Å². The summed E-state index contributed by atoms with van der Waals surface area (Å²) in [4.78, 5) is 30.7. The van der Waals surface area contributed by atoms with Crippen LogP contribution in [0.1, 0.15) is 23.0 Å². The summed E-state index contributed by atoms with van der Waals surface area (Å²) in [7, 11) is 0. The van der Waals surface area contributed by atoms with Gasteiger partial charge in [0, 0.05) is 38.3 Å². The molecule has 0 unspecified atom stereocenters. The fourth-order valence-corrected chi connectivity index (χ4v) is 3.70. The lowest BCUT2D eigenvalue weighted by Gasteiger charge is -2.36. The highest BCUT2D eigenvalue weighted by molar-refractivity contribution is 5.94. The van der Waals surface area contributed by atoms with Crippen LogP contribution in [0.3, 0.4) is 0 Å². The molecule has 0 aliphatic carbocycles. The van der Waals surface area contributed by atoms with Crippen molar-refractivity contribution in [2.75, 3.05) is 44.2 Å². The molecule has 8 heteroatoms. The highest BCUT2D eigenvalue weighted by Gasteiger charge is 2.26. The number of nitrogens with zero attached hydrogens (tertiary/aromatic N) is 5. The van der Waals surface area contributed by atoms with Crippen LogP contribution < -0.4 is 4.90 Å². The number of piperazine rings is 1. The smallest absolute Gasteiger partial charge is 0.290 e. The van der Waals surface area contributed by atoms with Crippen LogP contribution in [0.2, 0.25) is 0 Å². The number of carbonyl (C=O) groups excluding carboxylic acids is 2. The van der Waals surface area contributed by atoms with Crippen molar-refractivity contribution >= 4 is 17.6 Å². The third kappa shape index (κ3) is 4.80. The third-order valence-electron chi connectivity index (χ3n) is 5.68. The summed E-state index contributed by atoms with van der Waals surface area (Å²) in [5, 5.41) is 8.77. The molecule has 32 heavy (non-hydrogen) atoms. The summed E-state index contributed by atoms with van der Waals surface area (Å²) in [6, 6.07) is 15.4. The zero-order valence-corrected chi connectivity index (χ0v) is 18.4. The Morgan fingerprint density at radius 3 is 2.34 bits per heavy atom. The van der Waals surface area contributed by atoms with Crippen LogP contribution in [0.25, 0.3) is 11.3 Å². The Morgan fingerprint density at radius 1 is 1.00 bits per heavy atom. The van der Waals surface area contributed by atoms with Gasteiger partial charge in [-0.25, -0.2) is 0 Å². The minimum absolute atomic E-state index is 0.0427. The van der Waals surface area contributed by atoms with Crippen molar-refractivity contribution < 1.29 is 14.0 Å². The van der Waals surface area contributed by atoms with Crippen molar-refractivity contribution in [3.63, 3.8) is 0 Å². The first-order chi connectivity index (χ1) is 15.5. The molecule has 8 nitrogen and oxygen atoms in total. The molecule has 0 N–H and O–H groups in total. The van der Waals surface area contributed by atoms with E-state index in [1.807, 2.05) is 31.2 Å². The Bertz CT molecular complexity index is 1040. The van der Waals surface area contributed by atoms with Gasteiger partial charge in [-0.1, -0.05) is 29.8 Å². The Labute approximate surface area is 187 Å². The second-order valence-corrected chi connectivity index (χ2v) is 7.81. The number of rotatable bonds is 6. The fourth-order valence-electron chi connectivity index (χ4n) is 3.70. The number of benzene rings is 1. The maximum Gasteiger partial charge on any atom is 0.290 e. The van der Waals surface area contributed by atoms with Crippen LogP contribution in [0.4, 0.5) is 5.82 Å². The summed E-state index contributed by atoms with van der Waals surface area (Å²) in [5.41, 5.74) is 3.08. The molecule has 0 spiro atoms. The highest BCUT2D eigenvalue weighted by Crippen LogP contribution is 2.20. The fraction of sp³-hybridized carbons (Fsp3) is 0.333. The summed E-state index contributed by atoms with van der Waals surface area (Å²) in [6.45, 7) is 6.88. The van der Waals surface area contributed by atoms with Gasteiger partial charge in [0.15, 0.2) is 11.6 Å². The third-order valence-corrected chi connectivity index (χ3v) is 5.68. The molecular weight excluding hydrogens is 406 g/mol. The molecule has 2 amide bonds. The average Bonchev–Trinajstić information content (AvgIpc) is 3.38. The molecule has 0 atom stereocenters. The van der Waals surface area contributed by atoms with Crippen molar-refractivity contribution in [3.05, 3.63) is 66.1 Å². The van der Waals surface area contributed by atoms with E-state index >= 15 is 0 Å². The van der Waals surface area contributed by atoms with E-state index in [-0.39, 0.29) is 24.1 Å². The van der Waals surface area contributed by atoms with E-state index in [4.69, 9.17) is 4.42 Å². The van der Waals surface area contributed by atoms with Crippen molar-refractivity contribution in [2.24, 2.45) is 0 Å². The summed E-state index contributed by atoms with van der Waals surface area (Å²) in [5.74, 6) is 0.717. The summed E-state index contributed by atoms with van der Waals surface area (Å²) in [6.07, 6.45) is 1.46. The molecule has 0 radical (unpaired) electrons. The molecular formula is C24H27N5O3. The minimum atomic E-state index is -0.270. The second-order valence-electron chi connectivity index (χ2n) is 7.81. The predicted molar refractivity (Wildman–Crippen MR) is 121 cm³/mol. The van der Waals surface area contributed by atoms with Gasteiger partial charge in [0.1, 0.15) is 6.54 Å². The van der Waals surface area contributed by atoms with Crippen LogP contribution in [0, 0.1) is 6.92 Å². The lowest BCUT2D eigenvalue weighted by atomic mass is 10.1. The molecule has 166 valence electrons. The number of hydrogen-bond acceptors (Lipinski definition) is 6. The van der Waals surface area contributed by atoms with Crippen LogP contribution in [-0.4, -0.2) is 71.1 Å². The predicted octanol–water partition coefficient (Wildman–Crippen LogP) is 2.86. The van der Waals surface area contributed by atoms with Crippen LogP contribution in [-0.2, 0) is 4.79 Å². The lowest BCUT2D eigenvalue weighted by molar-refractivity contribution is -0.132. The Morgan fingerprint density at radius 2 is 1.75 bits per heavy atom. The summed E-state index contributed by atoms with van der Waals surface area (Å²) >= 11 is 0. The second kappa shape index (κ2) is 9.64. The molecule has 1 fully saturated rings. The molecule has 1 aliphatic rings. The number of aryl methyl sites for hydroxylation is 1. The van der Waals surface area contributed by atoms with Gasteiger partial charge < -0.3 is 19.1 Å². The van der Waals surface area contributed by atoms with E-state index in [1.165, 1.54) is 16.7 Å². The Balaban J connectivity index is 1.32. The van der Waals surface area contributed by atoms with Gasteiger partial charge in [-0.15, -0.1) is 10.2 Å². The van der Waals surface area contributed by atoms with E-state index in [0.717, 1.165) is 17.1 Å². The van der Waals surface area contributed by atoms with Gasteiger partial charge in [-0.3, -0.25) is 9.59 Å². The van der Waals surface area contributed by atoms with Gasteiger partial charge >= 0.3 is 0 Å². The van der Waals surface area contributed by atoms with Crippen LogP contribution in [0.15, 0.2) is 59.2 Å². The van der Waals surface area contributed by atoms with E-state index in [9.17, 15) is 9.59 Å². The zero-order valence-electron chi connectivity index (χ0n) is 18.4. The standard InChI is InChI=1S/C24H27N5O3/c1-3-27(24(31)21-5-4-16-32-21)17-23(30)29-14-12-28(13-15-29)22-11-10-20(25-26-22)19-8-6-18(2)7-9-19/h4-11,16H,3,12-15,17H2,1-2H3. The van der Waals surface area contributed by atoms with Gasteiger partial charge in [-0.2, -0.15) is 0 Å². The quantitative estimate of drug-likeness (QED) is 0.595. The topological polar surface area (TPSA) is 82.8 Å². The largest absolute Gasteiger partial charge is 0.459 e. The number of likely N-dealkylation sites (N-methyl/N-ethyl adjacent to an activating group) is 1. The number of carbonyl (C=O) groups is 2. The van der Waals surface area contributed by atoms with Gasteiger partial charge in [0.05, 0.1) is 12.0 Å². The molecule has 2 aromatic heterocycles. The Kier molecular flexibility index (Phi) is 6.49. The number of aromatic nitrogens is 2. The van der Waals surface area contributed by atoms with E-state index in [0.29, 0.717) is 32.7 Å². The summed E-state index contributed by atoms with van der Waals surface area (Å²) < 4.78 is 5.17. The van der Waals surface area contributed by atoms with Crippen molar-refractivity contribution in [2.45, 2.75) is 13.8 Å². The molecule has 1 aromatic carbocycles. The molecule has 0 saturated carbocycles. The van der Waals surface area contributed by atoms with Crippen molar-refractivity contribution in [3.8, 4) is 11.3 Å². The molecule has 0 bridgehead atoms. The average molecular weight is 434 g/mol. The molecule has 3 heterocycles. The molecule has 1 saturated heterocycles. The number of anilines is 1. The first-order valence-electron chi connectivity index (χ1n) is 10.8. The maximum absolute atomic E-state index is 12.8. The first-order valence-corrected chi connectivity index (χ1v) is 10.8. The minimum Gasteiger partial charge on any atom is -0.459 e. The van der Waals surface area contributed by atoms with Crippen LogP contribution >= 0.6 is 0 Å². The monoisotopic (exact) mass is 433 g/mol. The molecule has 3 aromatic rings. The number of furan rings is 1. The Hall–Kier alpha value is -3.68. The number of amides is 2. The SMILES string of the molecule is CCN(CC(=O)N1CCN(c2ccc(-c3ccc(C)cc3)nn2)CC1)C(=O)c1ccco1. The molecule has 1 aliphatic heterocycles. The van der Waals surface area contributed by atoms with Gasteiger partial charge in [0.25, 0.3) is 5.91 Å².